The molecule has 0 rings (SSSR count). The van der Waals surface area contributed by atoms with Crippen LogP contribution < -0.4 is 29.6 Å². The summed E-state index contributed by atoms with van der Waals surface area (Å²) in [6.45, 7) is 0.993. The number of hydrogen-bond donors (Lipinski definition) is 2. The second kappa shape index (κ2) is 6.31. The zero-order valence-corrected chi connectivity index (χ0v) is 10.4. The van der Waals surface area contributed by atoms with Crippen molar-refractivity contribution in [1.29, 1.82) is 0 Å². The molecule has 0 saturated heterocycles. The molecule has 0 saturated carbocycles. The van der Waals surface area contributed by atoms with Crippen molar-refractivity contribution < 1.29 is 57.5 Å². The Balaban J connectivity index is 0. The molecule has 0 amide bonds. The third-order valence-electron chi connectivity index (χ3n) is 1.04. The summed E-state index contributed by atoms with van der Waals surface area (Å²) in [6, 6.07) is 0. The second-order valence-electron chi connectivity index (χ2n) is 2.25. The second-order valence-corrected chi connectivity index (χ2v) is 3.81. The van der Waals surface area contributed by atoms with Crippen LogP contribution >= 0.6 is 0 Å². The predicted octanol–water partition coefficient (Wildman–Crippen LogP) is -4.40. The molecule has 0 fully saturated rings. The molecule has 0 bridgehead atoms. The van der Waals surface area contributed by atoms with E-state index in [1.807, 2.05) is 0 Å². The zero-order chi connectivity index (χ0) is 9.83. The fraction of sp³-hybridized carbons (Fsp3) is 1.00. The summed E-state index contributed by atoms with van der Waals surface area (Å²) >= 11 is 0. The molecule has 2 N–H and O–H groups in total. The maximum Gasteiger partial charge on any atom is 1.00 e. The molecule has 0 aromatic heterocycles. The largest absolute Gasteiger partial charge is 1.00 e. The van der Waals surface area contributed by atoms with E-state index in [9.17, 15) is 13.0 Å². The molecule has 0 aromatic carbocycles. The van der Waals surface area contributed by atoms with Crippen molar-refractivity contribution in [2.45, 2.75) is 18.5 Å². The van der Waals surface area contributed by atoms with E-state index in [4.69, 9.17) is 10.2 Å². The van der Waals surface area contributed by atoms with Gasteiger partial charge in [-0.1, -0.05) is 6.92 Å². The van der Waals surface area contributed by atoms with Gasteiger partial charge >= 0.3 is 29.6 Å². The van der Waals surface area contributed by atoms with Crippen LogP contribution in [0.15, 0.2) is 0 Å². The molecule has 0 heterocycles. The minimum absolute atomic E-state index is 0. The Morgan fingerprint density at radius 1 is 1.46 bits per heavy atom. The maximum atomic E-state index is 10.1. The van der Waals surface area contributed by atoms with Crippen molar-refractivity contribution in [2.75, 3.05) is 13.2 Å². The minimum atomic E-state index is -5.15. The van der Waals surface area contributed by atoms with E-state index in [1.54, 1.807) is 6.92 Å². The van der Waals surface area contributed by atoms with Crippen LogP contribution in [0.1, 0.15) is 13.3 Å². The van der Waals surface area contributed by atoms with Gasteiger partial charge in [-0.3, -0.25) is 0 Å². The van der Waals surface area contributed by atoms with Crippen molar-refractivity contribution in [1.82, 2.24) is 0 Å². The van der Waals surface area contributed by atoms with Gasteiger partial charge in [0.2, 0.25) is 0 Å². The number of rotatable bonds is 5. The first-order valence-electron chi connectivity index (χ1n) is 3.29. The average molecular weight is 222 g/mol. The predicted molar refractivity (Wildman–Crippen MR) is 38.0 cm³/mol. The van der Waals surface area contributed by atoms with Crippen LogP contribution in [0.2, 0.25) is 0 Å². The van der Waals surface area contributed by atoms with E-state index in [2.05, 4.69) is 4.74 Å². The molecule has 0 aliphatic heterocycles. The summed E-state index contributed by atoms with van der Waals surface area (Å²) < 4.78 is 34.8. The Kier molecular flexibility index (Phi) is 7.87. The third kappa shape index (κ3) is 5.97. The third-order valence-corrected chi connectivity index (χ3v) is 1.96. The smallest absolute Gasteiger partial charge is 0.744 e. The molecule has 0 aliphatic carbocycles. The van der Waals surface area contributed by atoms with Crippen LogP contribution in [0, 0.1) is 0 Å². The van der Waals surface area contributed by atoms with Gasteiger partial charge in [0.25, 0.3) is 5.12 Å². The standard InChI is InChI=1S/C5H12O6S.Na/c1-2-3-11-4-5(6,7)12(8,9)10;/h6-7H,2-4H2,1H3,(H,8,9,10);/q;+1/p-1. The molecule has 0 aromatic rings. The molecule has 0 unspecified atom stereocenters. The van der Waals surface area contributed by atoms with Gasteiger partial charge in [0.05, 0.1) is 0 Å². The summed E-state index contributed by atoms with van der Waals surface area (Å²) in [5.74, 6) is 0. The Morgan fingerprint density at radius 3 is 2.23 bits per heavy atom. The number of aliphatic hydroxyl groups is 2. The van der Waals surface area contributed by atoms with Crippen molar-refractivity contribution in [2.24, 2.45) is 0 Å². The SMILES string of the molecule is CCCOCC(O)(O)S(=O)(=O)[O-].[Na+]. The van der Waals surface area contributed by atoms with Crippen molar-refractivity contribution >= 4 is 10.1 Å². The number of hydrogen-bond acceptors (Lipinski definition) is 6. The van der Waals surface area contributed by atoms with E-state index < -0.39 is 21.8 Å². The van der Waals surface area contributed by atoms with Gasteiger partial charge in [0, 0.05) is 6.61 Å². The molecule has 0 spiro atoms. The van der Waals surface area contributed by atoms with Gasteiger partial charge in [-0.2, -0.15) is 0 Å². The van der Waals surface area contributed by atoms with Crippen molar-refractivity contribution in [3.8, 4) is 0 Å². The van der Waals surface area contributed by atoms with E-state index in [0.29, 0.717) is 6.42 Å². The normalized spacial score (nSPS) is 12.3. The van der Waals surface area contributed by atoms with Crippen LogP contribution in [0.5, 0.6) is 0 Å². The van der Waals surface area contributed by atoms with Crippen molar-refractivity contribution in [3.05, 3.63) is 0 Å². The van der Waals surface area contributed by atoms with Crippen LogP contribution in [0.4, 0.5) is 0 Å². The molecule has 0 aliphatic rings. The Morgan fingerprint density at radius 2 is 1.92 bits per heavy atom. The van der Waals surface area contributed by atoms with Gasteiger partial charge < -0.3 is 19.5 Å². The molecular weight excluding hydrogens is 211 g/mol. The van der Waals surface area contributed by atoms with Crippen LogP contribution in [-0.2, 0) is 14.9 Å². The average Bonchev–Trinajstić information content (AvgIpc) is 1.85. The fourth-order valence-corrected chi connectivity index (χ4v) is 0.649. The Bertz CT molecular complexity index is 223. The Hall–Kier alpha value is 0.790. The monoisotopic (exact) mass is 222 g/mol. The first kappa shape index (κ1) is 16.2. The Labute approximate surface area is 98.9 Å². The molecule has 74 valence electrons. The number of ether oxygens (including phenoxy) is 1. The molecule has 0 atom stereocenters. The summed E-state index contributed by atoms with van der Waals surface area (Å²) in [4.78, 5) is 0. The fourth-order valence-electron chi connectivity index (χ4n) is 0.422. The minimum Gasteiger partial charge on any atom is -0.744 e. The van der Waals surface area contributed by atoms with E-state index in [1.165, 1.54) is 0 Å². The van der Waals surface area contributed by atoms with E-state index in [-0.39, 0.29) is 36.2 Å². The topological polar surface area (TPSA) is 107 Å². The van der Waals surface area contributed by atoms with Crippen LogP contribution in [0.25, 0.3) is 0 Å². The van der Waals surface area contributed by atoms with E-state index in [0.717, 1.165) is 0 Å². The van der Waals surface area contributed by atoms with Gasteiger partial charge in [-0.15, -0.1) is 0 Å². The van der Waals surface area contributed by atoms with Gasteiger partial charge in [0.15, 0.2) is 10.1 Å². The quantitative estimate of drug-likeness (QED) is 0.210. The zero-order valence-electron chi connectivity index (χ0n) is 7.56. The molecule has 13 heavy (non-hydrogen) atoms. The molecule has 8 heteroatoms. The summed E-state index contributed by atoms with van der Waals surface area (Å²) in [6.07, 6.45) is 0.592. The molecule has 6 nitrogen and oxygen atoms in total. The first-order chi connectivity index (χ1) is 5.31. The summed E-state index contributed by atoms with van der Waals surface area (Å²) in [7, 11) is -5.15. The van der Waals surface area contributed by atoms with Gasteiger partial charge in [-0.25, -0.2) is 8.42 Å². The van der Waals surface area contributed by atoms with E-state index >= 15 is 0 Å². The van der Waals surface area contributed by atoms with Crippen LogP contribution in [-0.4, -0.2) is 41.5 Å². The summed E-state index contributed by atoms with van der Waals surface area (Å²) in [5.41, 5.74) is 0. The van der Waals surface area contributed by atoms with Crippen molar-refractivity contribution in [3.63, 3.8) is 0 Å². The first-order valence-corrected chi connectivity index (χ1v) is 4.70. The van der Waals surface area contributed by atoms with Gasteiger partial charge in [0.1, 0.15) is 6.61 Å². The van der Waals surface area contributed by atoms with Gasteiger partial charge in [-0.05, 0) is 6.42 Å². The van der Waals surface area contributed by atoms with Crippen LogP contribution in [0.3, 0.4) is 0 Å². The molecular formula is C5H11NaO6S. The maximum absolute atomic E-state index is 10.1. The summed E-state index contributed by atoms with van der Waals surface area (Å²) in [5, 5.41) is 13.9. The molecule has 0 radical (unpaired) electrons.